The third-order valence-corrected chi connectivity index (χ3v) is 10.7. The SMILES string of the molecule is CCCCCCCCCCCCCCCCCC(=O)OCC(CC)(COC(=O)CCCCCCCCCCCCCCCCC)COC(=O)C(C)O. The fourth-order valence-corrected chi connectivity index (χ4v) is 6.67. The molecule has 7 heteroatoms. The maximum Gasteiger partial charge on any atom is 0.334 e. The quantitative estimate of drug-likeness (QED) is 0.0379. The highest BCUT2D eigenvalue weighted by molar-refractivity contribution is 5.73. The number of hydrogen-bond acceptors (Lipinski definition) is 7. The molecule has 0 rings (SSSR count). The molecule has 0 saturated heterocycles. The Morgan fingerprint density at radius 3 is 0.923 bits per heavy atom. The predicted octanol–water partition coefficient (Wildman–Crippen LogP) is 12.9. The molecule has 0 fully saturated rings. The average molecular weight is 739 g/mol. The molecule has 0 amide bonds. The van der Waals surface area contributed by atoms with E-state index < -0.39 is 17.5 Å². The van der Waals surface area contributed by atoms with Crippen molar-refractivity contribution in [2.45, 2.75) is 246 Å². The number of carbonyl (C=O) groups excluding carboxylic acids is 3. The minimum atomic E-state index is -1.25. The molecule has 0 aliphatic carbocycles. The second-order valence-corrected chi connectivity index (χ2v) is 15.9. The molecule has 308 valence electrons. The van der Waals surface area contributed by atoms with Gasteiger partial charge in [-0.15, -0.1) is 0 Å². The van der Waals surface area contributed by atoms with Crippen molar-refractivity contribution in [2.75, 3.05) is 19.8 Å². The van der Waals surface area contributed by atoms with Crippen molar-refractivity contribution >= 4 is 17.9 Å². The minimum absolute atomic E-state index is 0.000398. The van der Waals surface area contributed by atoms with Crippen molar-refractivity contribution in [3.8, 4) is 0 Å². The third kappa shape index (κ3) is 33.0. The second-order valence-electron chi connectivity index (χ2n) is 15.9. The Bertz CT molecular complexity index is 761. The summed E-state index contributed by atoms with van der Waals surface area (Å²) in [7, 11) is 0. The van der Waals surface area contributed by atoms with E-state index in [-0.39, 0.29) is 31.8 Å². The molecule has 0 aliphatic rings. The summed E-state index contributed by atoms with van der Waals surface area (Å²) in [6, 6.07) is 0. The number of aliphatic hydroxyl groups excluding tert-OH is 1. The van der Waals surface area contributed by atoms with E-state index in [4.69, 9.17) is 14.2 Å². The fraction of sp³-hybridized carbons (Fsp3) is 0.933. The number of rotatable bonds is 40. The van der Waals surface area contributed by atoms with E-state index in [1.54, 1.807) is 0 Å². The van der Waals surface area contributed by atoms with Crippen LogP contribution in [0, 0.1) is 5.41 Å². The van der Waals surface area contributed by atoms with Crippen LogP contribution in [0.1, 0.15) is 240 Å². The first-order valence-electron chi connectivity index (χ1n) is 22.5. The molecule has 7 nitrogen and oxygen atoms in total. The van der Waals surface area contributed by atoms with Gasteiger partial charge in [0.2, 0.25) is 0 Å². The van der Waals surface area contributed by atoms with Gasteiger partial charge in [0.15, 0.2) is 0 Å². The van der Waals surface area contributed by atoms with E-state index in [2.05, 4.69) is 13.8 Å². The summed E-state index contributed by atoms with van der Waals surface area (Å²) in [6.07, 6.45) is 38.0. The molecule has 0 heterocycles. The molecule has 1 atom stereocenters. The number of hydrogen-bond donors (Lipinski definition) is 1. The summed E-state index contributed by atoms with van der Waals surface area (Å²) >= 11 is 0. The van der Waals surface area contributed by atoms with Gasteiger partial charge in [0.1, 0.15) is 25.9 Å². The molecular weight excluding hydrogens is 652 g/mol. The Labute approximate surface area is 321 Å². The molecule has 0 aromatic rings. The summed E-state index contributed by atoms with van der Waals surface area (Å²) in [6.45, 7) is 7.70. The normalized spacial score (nSPS) is 12.2. The summed E-state index contributed by atoms with van der Waals surface area (Å²) < 4.78 is 16.6. The first-order chi connectivity index (χ1) is 25.3. The van der Waals surface area contributed by atoms with Gasteiger partial charge in [0, 0.05) is 12.8 Å². The van der Waals surface area contributed by atoms with Gasteiger partial charge in [-0.1, -0.05) is 201 Å². The zero-order valence-corrected chi connectivity index (χ0v) is 34.9. The van der Waals surface area contributed by atoms with Gasteiger partial charge < -0.3 is 19.3 Å². The van der Waals surface area contributed by atoms with Crippen LogP contribution in [0.15, 0.2) is 0 Å². The Morgan fingerprint density at radius 1 is 0.423 bits per heavy atom. The topological polar surface area (TPSA) is 99.1 Å². The van der Waals surface area contributed by atoms with Crippen LogP contribution in [0.2, 0.25) is 0 Å². The smallest absolute Gasteiger partial charge is 0.334 e. The summed E-state index contributed by atoms with van der Waals surface area (Å²) in [5.74, 6) is -1.30. The first-order valence-corrected chi connectivity index (χ1v) is 22.5. The molecule has 0 aromatic carbocycles. The maximum atomic E-state index is 12.6. The molecule has 0 aromatic heterocycles. The van der Waals surface area contributed by atoms with Crippen LogP contribution in [0.3, 0.4) is 0 Å². The van der Waals surface area contributed by atoms with E-state index in [0.29, 0.717) is 19.3 Å². The Kier molecular flexibility index (Phi) is 36.5. The van der Waals surface area contributed by atoms with Crippen molar-refractivity contribution < 1.29 is 33.7 Å². The lowest BCUT2D eigenvalue weighted by atomic mass is 9.88. The molecule has 0 spiro atoms. The van der Waals surface area contributed by atoms with Gasteiger partial charge in [0.25, 0.3) is 0 Å². The molecule has 0 aliphatic heterocycles. The zero-order chi connectivity index (χ0) is 38.4. The average Bonchev–Trinajstić information content (AvgIpc) is 3.14. The van der Waals surface area contributed by atoms with Gasteiger partial charge >= 0.3 is 17.9 Å². The standard InChI is InChI=1S/C45H86O7/c1-5-8-10-12-14-16-18-20-22-24-26-28-30-32-34-36-42(47)50-38-45(7-3,40-52-44(49)41(4)46)39-51-43(48)37-35-33-31-29-27-25-23-21-19-17-15-13-11-9-6-2/h41,46H,5-40H2,1-4H3. The Balaban J connectivity index is 4.19. The Hall–Kier alpha value is -1.63. The number of carbonyl (C=O) groups is 3. The fourth-order valence-electron chi connectivity index (χ4n) is 6.67. The van der Waals surface area contributed by atoms with Crippen LogP contribution in [0.25, 0.3) is 0 Å². The van der Waals surface area contributed by atoms with Crippen molar-refractivity contribution in [2.24, 2.45) is 5.41 Å². The van der Waals surface area contributed by atoms with E-state index >= 15 is 0 Å². The van der Waals surface area contributed by atoms with Crippen molar-refractivity contribution in [1.82, 2.24) is 0 Å². The molecule has 0 bridgehead atoms. The second kappa shape index (κ2) is 37.7. The monoisotopic (exact) mass is 739 g/mol. The minimum Gasteiger partial charge on any atom is -0.465 e. The predicted molar refractivity (Wildman–Crippen MR) is 216 cm³/mol. The highest BCUT2D eigenvalue weighted by Crippen LogP contribution is 2.26. The van der Waals surface area contributed by atoms with Gasteiger partial charge in [-0.25, -0.2) is 4.79 Å². The number of aliphatic hydroxyl groups is 1. The summed E-state index contributed by atoms with van der Waals surface area (Å²) in [5, 5.41) is 9.61. The zero-order valence-electron chi connectivity index (χ0n) is 34.9. The van der Waals surface area contributed by atoms with Crippen LogP contribution in [0.4, 0.5) is 0 Å². The van der Waals surface area contributed by atoms with Crippen LogP contribution >= 0.6 is 0 Å². The summed E-state index contributed by atoms with van der Waals surface area (Å²) in [4.78, 5) is 37.3. The van der Waals surface area contributed by atoms with Gasteiger partial charge in [-0.2, -0.15) is 0 Å². The van der Waals surface area contributed by atoms with Crippen molar-refractivity contribution in [1.29, 1.82) is 0 Å². The van der Waals surface area contributed by atoms with Gasteiger partial charge in [0.05, 0.1) is 5.41 Å². The Morgan fingerprint density at radius 2 is 0.673 bits per heavy atom. The number of unbranched alkanes of at least 4 members (excludes halogenated alkanes) is 28. The van der Waals surface area contributed by atoms with Crippen molar-refractivity contribution in [3.63, 3.8) is 0 Å². The first kappa shape index (κ1) is 50.4. The lowest BCUT2D eigenvalue weighted by Crippen LogP contribution is -2.40. The lowest BCUT2D eigenvalue weighted by Gasteiger charge is -2.31. The number of esters is 3. The summed E-state index contributed by atoms with van der Waals surface area (Å²) in [5.41, 5.74) is -0.847. The molecule has 52 heavy (non-hydrogen) atoms. The van der Waals surface area contributed by atoms with E-state index in [1.165, 1.54) is 161 Å². The molecule has 0 saturated carbocycles. The maximum absolute atomic E-state index is 12.6. The van der Waals surface area contributed by atoms with Crippen LogP contribution in [-0.2, 0) is 28.6 Å². The highest BCUT2D eigenvalue weighted by Gasteiger charge is 2.34. The highest BCUT2D eigenvalue weighted by atomic mass is 16.6. The molecule has 0 radical (unpaired) electrons. The van der Waals surface area contributed by atoms with Crippen molar-refractivity contribution in [3.05, 3.63) is 0 Å². The van der Waals surface area contributed by atoms with Gasteiger partial charge in [-0.05, 0) is 26.2 Å². The molecule has 1 N–H and O–H groups in total. The lowest BCUT2D eigenvalue weighted by molar-refractivity contribution is -0.166. The van der Waals surface area contributed by atoms with Gasteiger partial charge in [-0.3, -0.25) is 9.59 Å². The van der Waals surface area contributed by atoms with Crippen LogP contribution < -0.4 is 0 Å². The molecule has 1 unspecified atom stereocenters. The van der Waals surface area contributed by atoms with Crippen LogP contribution in [-0.4, -0.2) is 48.9 Å². The third-order valence-electron chi connectivity index (χ3n) is 10.7. The van der Waals surface area contributed by atoms with E-state index in [9.17, 15) is 19.5 Å². The van der Waals surface area contributed by atoms with E-state index in [0.717, 1.165) is 38.5 Å². The number of ether oxygens (including phenoxy) is 3. The van der Waals surface area contributed by atoms with Crippen LogP contribution in [0.5, 0.6) is 0 Å². The largest absolute Gasteiger partial charge is 0.465 e. The van der Waals surface area contributed by atoms with E-state index in [1.807, 2.05) is 6.92 Å². The molecular formula is C45H86O7.